The molecule has 2 atom stereocenters. The molecule has 8 heteroatoms. The first-order valence-electron chi connectivity index (χ1n) is 9.98. The van der Waals surface area contributed by atoms with Crippen molar-refractivity contribution in [1.82, 2.24) is 24.6 Å². The van der Waals surface area contributed by atoms with Crippen LogP contribution in [-0.4, -0.2) is 50.0 Å². The lowest BCUT2D eigenvalue weighted by Gasteiger charge is -2.21. The van der Waals surface area contributed by atoms with Crippen molar-refractivity contribution in [1.29, 1.82) is 0 Å². The third-order valence-electron chi connectivity index (χ3n) is 6.27. The highest BCUT2D eigenvalue weighted by Crippen LogP contribution is 2.59. The number of hydrogen-bond donors (Lipinski definition) is 0. The lowest BCUT2D eigenvalue weighted by Crippen LogP contribution is -2.27. The predicted octanol–water partition coefficient (Wildman–Crippen LogP) is 4.19. The minimum absolute atomic E-state index is 0.380. The molecule has 3 heterocycles. The molecule has 5 rings (SSSR count). The molecule has 2 aliphatic rings. The molecular formula is C21H24ClN5OS. The van der Waals surface area contributed by atoms with Crippen LogP contribution in [0.15, 0.2) is 40.2 Å². The predicted molar refractivity (Wildman–Crippen MR) is 114 cm³/mol. The minimum atomic E-state index is 0.380. The maximum absolute atomic E-state index is 6.06. The molecule has 0 unspecified atom stereocenters. The van der Waals surface area contributed by atoms with Crippen LogP contribution in [0.25, 0.3) is 11.6 Å². The number of piperidine rings is 1. The summed E-state index contributed by atoms with van der Waals surface area (Å²) >= 11 is 7.81. The average Bonchev–Trinajstić information content (AvgIpc) is 3.02. The SMILES string of the molecule is Cc1ncoc1-c1nnc(SCCCN2C[C@@H]3C[C@]3(c3ccc(Cl)cc3)C2)n1C. The molecule has 2 aromatic heterocycles. The number of rotatable bonds is 7. The largest absolute Gasteiger partial charge is 0.440 e. The van der Waals surface area contributed by atoms with Crippen LogP contribution in [-0.2, 0) is 12.5 Å². The molecule has 1 aliphatic heterocycles. The number of thioether (sulfide) groups is 1. The molecule has 1 aromatic carbocycles. The Morgan fingerprint density at radius 3 is 2.86 bits per heavy atom. The van der Waals surface area contributed by atoms with Crippen LogP contribution in [0.1, 0.15) is 24.1 Å². The van der Waals surface area contributed by atoms with Gasteiger partial charge in [0, 0.05) is 36.3 Å². The second-order valence-electron chi connectivity index (χ2n) is 8.13. The standard InChI is InChI=1S/C21H24ClN5OS/c1-14-18(28-13-23-14)19-24-25-20(26(19)2)29-9-3-8-27-11-16-10-21(16,12-27)15-4-6-17(22)7-5-15/h4-7,13,16H,3,8-12H2,1-2H3/t16-,21+/m0/s1. The summed E-state index contributed by atoms with van der Waals surface area (Å²) < 4.78 is 7.43. The van der Waals surface area contributed by atoms with Gasteiger partial charge in [0.1, 0.15) is 0 Å². The molecule has 152 valence electrons. The van der Waals surface area contributed by atoms with Gasteiger partial charge in [0.25, 0.3) is 0 Å². The first-order valence-corrected chi connectivity index (χ1v) is 11.3. The van der Waals surface area contributed by atoms with Crippen LogP contribution in [0.2, 0.25) is 5.02 Å². The fourth-order valence-electron chi connectivity index (χ4n) is 4.59. The van der Waals surface area contributed by atoms with Gasteiger partial charge < -0.3 is 13.9 Å². The number of fused-ring (bicyclic) bond motifs is 1. The van der Waals surface area contributed by atoms with Crippen LogP contribution in [0.4, 0.5) is 0 Å². The molecule has 3 aromatic rings. The number of nitrogens with zero attached hydrogens (tertiary/aromatic N) is 5. The quantitative estimate of drug-likeness (QED) is 0.414. The van der Waals surface area contributed by atoms with Crippen LogP contribution in [0, 0.1) is 12.8 Å². The van der Waals surface area contributed by atoms with Crippen LogP contribution >= 0.6 is 23.4 Å². The van der Waals surface area contributed by atoms with E-state index in [9.17, 15) is 0 Å². The van der Waals surface area contributed by atoms with E-state index >= 15 is 0 Å². The Balaban J connectivity index is 1.13. The number of aryl methyl sites for hydroxylation is 1. The van der Waals surface area contributed by atoms with Gasteiger partial charge in [0.2, 0.25) is 5.82 Å². The Labute approximate surface area is 179 Å². The van der Waals surface area contributed by atoms with Crippen LogP contribution < -0.4 is 0 Å². The van der Waals surface area contributed by atoms with Crippen molar-refractivity contribution in [3.63, 3.8) is 0 Å². The van der Waals surface area contributed by atoms with Gasteiger partial charge in [-0.3, -0.25) is 0 Å². The molecule has 1 saturated heterocycles. The molecule has 1 aliphatic carbocycles. The lowest BCUT2D eigenvalue weighted by atomic mass is 9.95. The van der Waals surface area contributed by atoms with Gasteiger partial charge in [-0.1, -0.05) is 35.5 Å². The maximum atomic E-state index is 6.06. The number of hydrogen-bond acceptors (Lipinski definition) is 6. The third-order valence-corrected chi connectivity index (χ3v) is 7.63. The zero-order chi connectivity index (χ0) is 20.0. The van der Waals surface area contributed by atoms with Crippen molar-refractivity contribution in [3.05, 3.63) is 46.9 Å². The van der Waals surface area contributed by atoms with Gasteiger partial charge in [0.05, 0.1) is 5.69 Å². The fourth-order valence-corrected chi connectivity index (χ4v) is 5.55. The van der Waals surface area contributed by atoms with Gasteiger partial charge in [-0.05, 0) is 49.9 Å². The zero-order valence-electron chi connectivity index (χ0n) is 16.6. The highest BCUT2D eigenvalue weighted by Gasteiger charge is 2.60. The molecule has 0 amide bonds. The van der Waals surface area contributed by atoms with Gasteiger partial charge in [0.15, 0.2) is 17.3 Å². The van der Waals surface area contributed by atoms with Crippen molar-refractivity contribution in [2.24, 2.45) is 13.0 Å². The van der Waals surface area contributed by atoms with Crippen molar-refractivity contribution in [2.45, 2.75) is 30.3 Å². The van der Waals surface area contributed by atoms with E-state index in [1.54, 1.807) is 11.8 Å². The first-order chi connectivity index (χ1) is 14.1. The van der Waals surface area contributed by atoms with Crippen molar-refractivity contribution >= 4 is 23.4 Å². The van der Waals surface area contributed by atoms with E-state index in [0.717, 1.165) is 46.3 Å². The molecule has 0 N–H and O–H groups in total. The maximum Gasteiger partial charge on any atom is 0.202 e. The summed E-state index contributed by atoms with van der Waals surface area (Å²) in [6, 6.07) is 8.47. The van der Waals surface area contributed by atoms with Crippen LogP contribution in [0.5, 0.6) is 0 Å². The number of halogens is 1. The van der Waals surface area contributed by atoms with Crippen molar-refractivity contribution < 1.29 is 4.42 Å². The summed E-state index contributed by atoms with van der Waals surface area (Å²) in [4.78, 5) is 6.75. The first kappa shape index (κ1) is 19.2. The number of benzene rings is 1. The van der Waals surface area contributed by atoms with E-state index in [4.69, 9.17) is 16.0 Å². The molecule has 0 radical (unpaired) electrons. The molecular weight excluding hydrogens is 406 g/mol. The Morgan fingerprint density at radius 1 is 1.28 bits per heavy atom. The lowest BCUT2D eigenvalue weighted by molar-refractivity contribution is 0.299. The van der Waals surface area contributed by atoms with Gasteiger partial charge in [-0.15, -0.1) is 10.2 Å². The summed E-state index contributed by atoms with van der Waals surface area (Å²) in [5.41, 5.74) is 2.67. The average molecular weight is 430 g/mol. The minimum Gasteiger partial charge on any atom is -0.440 e. The van der Waals surface area contributed by atoms with E-state index in [2.05, 4.69) is 32.2 Å². The monoisotopic (exact) mass is 429 g/mol. The van der Waals surface area contributed by atoms with Crippen molar-refractivity contribution in [3.8, 4) is 11.6 Å². The van der Waals surface area contributed by atoms with E-state index in [1.165, 1.54) is 31.5 Å². The topological polar surface area (TPSA) is 60.0 Å². The number of likely N-dealkylation sites (tertiary alicyclic amines) is 1. The molecule has 0 bridgehead atoms. The smallest absolute Gasteiger partial charge is 0.202 e. The Kier molecular flexibility index (Phi) is 4.92. The van der Waals surface area contributed by atoms with E-state index in [-0.39, 0.29) is 0 Å². The van der Waals surface area contributed by atoms with Gasteiger partial charge >= 0.3 is 0 Å². The summed E-state index contributed by atoms with van der Waals surface area (Å²) in [6.07, 6.45) is 3.91. The molecule has 2 fully saturated rings. The van der Waals surface area contributed by atoms with Gasteiger partial charge in [-0.25, -0.2) is 4.98 Å². The highest BCUT2D eigenvalue weighted by molar-refractivity contribution is 7.99. The fraction of sp³-hybridized carbons (Fsp3) is 0.476. The molecule has 6 nitrogen and oxygen atoms in total. The van der Waals surface area contributed by atoms with Gasteiger partial charge in [-0.2, -0.15) is 0 Å². The summed E-state index contributed by atoms with van der Waals surface area (Å²) in [7, 11) is 1.98. The molecule has 1 saturated carbocycles. The zero-order valence-corrected chi connectivity index (χ0v) is 18.2. The second-order valence-corrected chi connectivity index (χ2v) is 9.63. The Hall–Kier alpha value is -1.83. The second kappa shape index (κ2) is 7.45. The highest BCUT2D eigenvalue weighted by atomic mass is 35.5. The number of aromatic nitrogens is 4. The van der Waals surface area contributed by atoms with Crippen molar-refractivity contribution in [2.75, 3.05) is 25.4 Å². The molecule has 29 heavy (non-hydrogen) atoms. The van der Waals surface area contributed by atoms with E-state index < -0.39 is 0 Å². The molecule has 0 spiro atoms. The Morgan fingerprint density at radius 2 is 2.10 bits per heavy atom. The summed E-state index contributed by atoms with van der Waals surface area (Å²) in [6.45, 7) is 5.43. The third kappa shape index (κ3) is 3.49. The number of oxazole rings is 1. The Bertz CT molecular complexity index is 1020. The van der Waals surface area contributed by atoms with E-state index in [1.807, 2.05) is 30.7 Å². The summed E-state index contributed by atoms with van der Waals surface area (Å²) in [5, 5.41) is 10.3. The van der Waals surface area contributed by atoms with Crippen LogP contribution in [0.3, 0.4) is 0 Å². The summed E-state index contributed by atoms with van der Waals surface area (Å²) in [5.74, 6) is 3.25. The normalized spacial score (nSPS) is 23.5. The van der Waals surface area contributed by atoms with E-state index in [0.29, 0.717) is 11.2 Å².